The molecule has 3 heteroatoms. The van der Waals surface area contributed by atoms with E-state index in [9.17, 15) is 0 Å². The van der Waals surface area contributed by atoms with E-state index in [-0.39, 0.29) is 0 Å². The average molecular weight is 217 g/mol. The highest BCUT2D eigenvalue weighted by Crippen LogP contribution is 2.19. The molecule has 0 spiro atoms. The van der Waals surface area contributed by atoms with Crippen LogP contribution in [-0.2, 0) is 0 Å². The number of allylic oxidation sites excluding steroid dienone is 2. The first-order valence-corrected chi connectivity index (χ1v) is 5.95. The highest BCUT2D eigenvalue weighted by atomic mass is 15.0. The van der Waals surface area contributed by atoms with Gasteiger partial charge in [-0.25, -0.2) is 4.98 Å². The number of anilines is 1. The van der Waals surface area contributed by atoms with Crippen molar-refractivity contribution in [2.24, 2.45) is 5.92 Å². The molecule has 0 radical (unpaired) electrons. The number of hydrogen-bond acceptors (Lipinski definition) is 3. The third-order valence-electron chi connectivity index (χ3n) is 3.01. The maximum atomic E-state index is 4.47. The molecular formula is C13H19N3. The molecule has 0 aromatic carbocycles. The van der Waals surface area contributed by atoms with E-state index in [2.05, 4.69) is 27.4 Å². The predicted molar refractivity (Wildman–Crippen MR) is 66.5 cm³/mol. The first-order chi connectivity index (χ1) is 7.75. The monoisotopic (exact) mass is 217 g/mol. The van der Waals surface area contributed by atoms with Gasteiger partial charge in [-0.15, -0.1) is 0 Å². The van der Waals surface area contributed by atoms with E-state index in [4.69, 9.17) is 0 Å². The zero-order valence-corrected chi connectivity index (χ0v) is 10.0. The number of hydrogen-bond donors (Lipinski definition) is 1. The number of rotatable bonds is 3. The molecule has 0 bridgehead atoms. The van der Waals surface area contributed by atoms with Crippen molar-refractivity contribution in [1.29, 1.82) is 0 Å². The zero-order valence-electron chi connectivity index (χ0n) is 10.0. The smallest absolute Gasteiger partial charge is 0.147 e. The molecule has 0 amide bonds. The number of nitrogens with zero attached hydrogens (tertiary/aromatic N) is 2. The third-order valence-corrected chi connectivity index (χ3v) is 3.01. The molecule has 16 heavy (non-hydrogen) atoms. The second kappa shape index (κ2) is 5.10. The van der Waals surface area contributed by atoms with Crippen LogP contribution in [0.1, 0.15) is 30.7 Å². The van der Waals surface area contributed by atoms with Gasteiger partial charge in [0.1, 0.15) is 5.82 Å². The van der Waals surface area contributed by atoms with Crippen LogP contribution in [0.25, 0.3) is 0 Å². The Morgan fingerprint density at radius 2 is 2.25 bits per heavy atom. The molecule has 0 fully saturated rings. The second-order valence-corrected chi connectivity index (χ2v) is 4.48. The highest BCUT2D eigenvalue weighted by Gasteiger charge is 2.10. The van der Waals surface area contributed by atoms with Gasteiger partial charge in [0.25, 0.3) is 0 Å². The summed E-state index contributed by atoms with van der Waals surface area (Å²) in [6, 6.07) is 0. The summed E-state index contributed by atoms with van der Waals surface area (Å²) in [5.41, 5.74) is 1.95. The summed E-state index contributed by atoms with van der Waals surface area (Å²) in [5.74, 6) is 1.68. The molecule has 1 atom stereocenters. The standard InChI is InChI=1S/C13H19N3/c1-10-8-14-11(2)13(16-10)15-9-12-6-4-3-5-7-12/h3-4,8,12H,5-7,9H2,1-2H3,(H,15,16). The number of aryl methyl sites for hydroxylation is 2. The van der Waals surface area contributed by atoms with E-state index in [0.717, 1.165) is 29.7 Å². The molecule has 0 saturated heterocycles. The van der Waals surface area contributed by atoms with Gasteiger partial charge >= 0.3 is 0 Å². The molecule has 86 valence electrons. The van der Waals surface area contributed by atoms with Gasteiger partial charge in [0, 0.05) is 12.7 Å². The summed E-state index contributed by atoms with van der Waals surface area (Å²) in [4.78, 5) is 8.77. The maximum Gasteiger partial charge on any atom is 0.147 e. The summed E-state index contributed by atoms with van der Waals surface area (Å²) >= 11 is 0. The fourth-order valence-electron chi connectivity index (χ4n) is 1.99. The van der Waals surface area contributed by atoms with E-state index >= 15 is 0 Å². The van der Waals surface area contributed by atoms with Crippen molar-refractivity contribution in [3.8, 4) is 0 Å². The second-order valence-electron chi connectivity index (χ2n) is 4.48. The van der Waals surface area contributed by atoms with Crippen molar-refractivity contribution in [2.75, 3.05) is 11.9 Å². The van der Waals surface area contributed by atoms with E-state index in [1.165, 1.54) is 19.3 Å². The van der Waals surface area contributed by atoms with Crippen LogP contribution in [0.15, 0.2) is 18.3 Å². The van der Waals surface area contributed by atoms with Crippen LogP contribution in [0.2, 0.25) is 0 Å². The lowest BCUT2D eigenvalue weighted by Crippen LogP contribution is -2.17. The third kappa shape index (κ3) is 2.81. The molecule has 1 N–H and O–H groups in total. The molecule has 3 nitrogen and oxygen atoms in total. The van der Waals surface area contributed by atoms with Crippen molar-refractivity contribution >= 4 is 5.82 Å². The van der Waals surface area contributed by atoms with Gasteiger partial charge in [0.15, 0.2) is 0 Å². The van der Waals surface area contributed by atoms with Crippen LogP contribution >= 0.6 is 0 Å². The molecule has 1 heterocycles. The zero-order chi connectivity index (χ0) is 11.4. The lowest BCUT2D eigenvalue weighted by atomic mass is 9.94. The topological polar surface area (TPSA) is 37.8 Å². The minimum absolute atomic E-state index is 0.742. The molecule has 0 aliphatic heterocycles. The first kappa shape index (κ1) is 11.1. The van der Waals surface area contributed by atoms with Gasteiger partial charge in [-0.3, -0.25) is 4.98 Å². The van der Waals surface area contributed by atoms with Gasteiger partial charge in [0.2, 0.25) is 0 Å². The maximum absolute atomic E-state index is 4.47. The quantitative estimate of drug-likeness (QED) is 0.791. The van der Waals surface area contributed by atoms with Gasteiger partial charge in [-0.2, -0.15) is 0 Å². The number of aromatic nitrogens is 2. The van der Waals surface area contributed by atoms with Gasteiger partial charge in [-0.1, -0.05) is 12.2 Å². The lowest BCUT2D eigenvalue weighted by Gasteiger charge is -2.19. The van der Waals surface area contributed by atoms with Crippen LogP contribution in [0.4, 0.5) is 5.82 Å². The predicted octanol–water partition coefficient (Wildman–Crippen LogP) is 2.86. The molecule has 1 aromatic rings. The molecule has 1 unspecified atom stereocenters. The molecule has 2 rings (SSSR count). The van der Waals surface area contributed by atoms with E-state index in [1.54, 1.807) is 0 Å². The summed E-state index contributed by atoms with van der Waals surface area (Å²) in [7, 11) is 0. The largest absolute Gasteiger partial charge is 0.368 e. The molecule has 1 aliphatic rings. The van der Waals surface area contributed by atoms with Crippen molar-refractivity contribution < 1.29 is 0 Å². The van der Waals surface area contributed by atoms with Crippen molar-refractivity contribution in [1.82, 2.24) is 9.97 Å². The minimum atomic E-state index is 0.742. The minimum Gasteiger partial charge on any atom is -0.368 e. The molecule has 0 saturated carbocycles. The van der Waals surface area contributed by atoms with Gasteiger partial charge < -0.3 is 5.32 Å². The Morgan fingerprint density at radius 3 is 3.00 bits per heavy atom. The van der Waals surface area contributed by atoms with Crippen molar-refractivity contribution in [2.45, 2.75) is 33.1 Å². The van der Waals surface area contributed by atoms with Gasteiger partial charge in [-0.05, 0) is 39.0 Å². The highest BCUT2D eigenvalue weighted by molar-refractivity contribution is 5.39. The molecule has 1 aliphatic carbocycles. The Labute approximate surface area is 97.0 Å². The SMILES string of the molecule is Cc1cnc(C)c(NCC2CC=CCC2)n1. The van der Waals surface area contributed by atoms with Crippen molar-refractivity contribution in [3.63, 3.8) is 0 Å². The van der Waals surface area contributed by atoms with Crippen LogP contribution < -0.4 is 5.32 Å². The number of nitrogens with one attached hydrogen (secondary N) is 1. The Hall–Kier alpha value is -1.38. The summed E-state index contributed by atoms with van der Waals surface area (Å²) < 4.78 is 0. The Kier molecular flexibility index (Phi) is 3.54. The van der Waals surface area contributed by atoms with Gasteiger partial charge in [0.05, 0.1) is 11.4 Å². The van der Waals surface area contributed by atoms with E-state index in [1.807, 2.05) is 20.0 Å². The van der Waals surface area contributed by atoms with Crippen molar-refractivity contribution in [3.05, 3.63) is 29.7 Å². The summed E-state index contributed by atoms with van der Waals surface area (Å²) in [6.45, 7) is 4.97. The Bertz CT molecular complexity index is 385. The average Bonchev–Trinajstić information content (AvgIpc) is 2.32. The van der Waals surface area contributed by atoms with E-state index in [0.29, 0.717) is 0 Å². The van der Waals surface area contributed by atoms with Crippen LogP contribution in [0.5, 0.6) is 0 Å². The normalized spacial score (nSPS) is 19.8. The van der Waals surface area contributed by atoms with Crippen LogP contribution in [0.3, 0.4) is 0 Å². The Morgan fingerprint density at radius 1 is 1.38 bits per heavy atom. The molecule has 1 aromatic heterocycles. The Balaban J connectivity index is 1.93. The van der Waals surface area contributed by atoms with Crippen LogP contribution in [0, 0.1) is 19.8 Å². The fraction of sp³-hybridized carbons (Fsp3) is 0.538. The summed E-state index contributed by atoms with van der Waals surface area (Å²) in [5, 5.41) is 3.42. The molecular weight excluding hydrogens is 198 g/mol. The van der Waals surface area contributed by atoms with E-state index < -0.39 is 0 Å². The first-order valence-electron chi connectivity index (χ1n) is 5.95. The van der Waals surface area contributed by atoms with Crippen LogP contribution in [-0.4, -0.2) is 16.5 Å². The fourth-order valence-corrected chi connectivity index (χ4v) is 1.99. The summed E-state index contributed by atoms with van der Waals surface area (Å²) in [6.07, 6.45) is 10.0. The lowest BCUT2D eigenvalue weighted by molar-refractivity contribution is 0.503.